The molecule has 2 N–H and O–H groups in total. The number of rotatable bonds is 6. The molecule has 24 heavy (non-hydrogen) atoms. The molecule has 1 heterocycles. The molecule has 0 aliphatic rings. The second kappa shape index (κ2) is 7.51. The number of phenols is 1. The fourth-order valence-electron chi connectivity index (χ4n) is 2.47. The number of carbonyl (C=O) groups excluding carboxylic acids is 1. The monoisotopic (exact) mass is 321 g/mol. The van der Waals surface area contributed by atoms with Gasteiger partial charge in [-0.3, -0.25) is 4.79 Å². The van der Waals surface area contributed by atoms with Gasteiger partial charge in [-0.1, -0.05) is 30.3 Å². The van der Waals surface area contributed by atoms with E-state index in [0.29, 0.717) is 12.3 Å². The van der Waals surface area contributed by atoms with Gasteiger partial charge in [-0.15, -0.1) is 0 Å². The van der Waals surface area contributed by atoms with Crippen LogP contribution in [-0.2, 0) is 11.2 Å². The average Bonchev–Trinajstić information content (AvgIpc) is 3.01. The van der Waals surface area contributed by atoms with Crippen LogP contribution in [-0.4, -0.2) is 17.6 Å². The molecule has 2 aromatic carbocycles. The van der Waals surface area contributed by atoms with Gasteiger partial charge in [0.1, 0.15) is 17.1 Å². The molecule has 1 amide bonds. The molecular weight excluding hydrogens is 302 g/mol. The summed E-state index contributed by atoms with van der Waals surface area (Å²) in [7, 11) is 0. The number of aromatic hydroxyl groups is 1. The molecule has 0 spiro atoms. The molecule has 0 fully saturated rings. The summed E-state index contributed by atoms with van der Waals surface area (Å²) in [5.74, 6) is 0.791. The number of carbonyl (C=O) groups is 1. The van der Waals surface area contributed by atoms with Gasteiger partial charge in [0.25, 0.3) is 0 Å². The second-order valence-corrected chi connectivity index (χ2v) is 5.58. The molecule has 0 radical (unpaired) electrons. The van der Waals surface area contributed by atoms with E-state index in [2.05, 4.69) is 5.32 Å². The SMILES string of the molecule is O=C(C=Cc1cc2ccccc2o1)NCCCc1ccc(O)cc1. The van der Waals surface area contributed by atoms with E-state index in [9.17, 15) is 9.90 Å². The fourth-order valence-corrected chi connectivity index (χ4v) is 2.47. The highest BCUT2D eigenvalue weighted by Gasteiger charge is 2.01. The number of furan rings is 1. The van der Waals surface area contributed by atoms with Crippen LogP contribution in [0.15, 0.2) is 65.1 Å². The van der Waals surface area contributed by atoms with Gasteiger partial charge in [0, 0.05) is 18.0 Å². The van der Waals surface area contributed by atoms with Gasteiger partial charge in [-0.25, -0.2) is 0 Å². The first kappa shape index (κ1) is 15.9. The topological polar surface area (TPSA) is 62.5 Å². The highest BCUT2D eigenvalue weighted by atomic mass is 16.3. The lowest BCUT2D eigenvalue weighted by Gasteiger charge is -2.03. The van der Waals surface area contributed by atoms with E-state index < -0.39 is 0 Å². The Morgan fingerprint density at radius 1 is 1.12 bits per heavy atom. The van der Waals surface area contributed by atoms with Gasteiger partial charge in [-0.05, 0) is 48.7 Å². The lowest BCUT2D eigenvalue weighted by Crippen LogP contribution is -2.22. The Hall–Kier alpha value is -3.01. The van der Waals surface area contributed by atoms with Crippen LogP contribution < -0.4 is 5.32 Å². The van der Waals surface area contributed by atoms with E-state index in [-0.39, 0.29) is 11.7 Å². The van der Waals surface area contributed by atoms with Crippen LogP contribution in [0.3, 0.4) is 0 Å². The second-order valence-electron chi connectivity index (χ2n) is 5.58. The molecule has 0 bridgehead atoms. The maximum atomic E-state index is 11.8. The number of phenolic OH excluding ortho intramolecular Hbond substituents is 1. The van der Waals surface area contributed by atoms with Crippen molar-refractivity contribution in [1.29, 1.82) is 0 Å². The third-order valence-electron chi connectivity index (χ3n) is 3.72. The highest BCUT2D eigenvalue weighted by molar-refractivity contribution is 5.92. The van der Waals surface area contributed by atoms with Crippen molar-refractivity contribution in [2.24, 2.45) is 0 Å². The van der Waals surface area contributed by atoms with Gasteiger partial charge >= 0.3 is 0 Å². The summed E-state index contributed by atoms with van der Waals surface area (Å²) < 4.78 is 5.62. The lowest BCUT2D eigenvalue weighted by atomic mass is 10.1. The third kappa shape index (κ3) is 4.26. The maximum absolute atomic E-state index is 11.8. The smallest absolute Gasteiger partial charge is 0.244 e. The van der Waals surface area contributed by atoms with Gasteiger partial charge in [-0.2, -0.15) is 0 Å². The van der Waals surface area contributed by atoms with E-state index in [1.807, 2.05) is 42.5 Å². The molecule has 4 heteroatoms. The summed E-state index contributed by atoms with van der Waals surface area (Å²) in [5.41, 5.74) is 1.95. The highest BCUT2D eigenvalue weighted by Crippen LogP contribution is 2.19. The largest absolute Gasteiger partial charge is 0.508 e. The number of para-hydroxylation sites is 1. The quantitative estimate of drug-likeness (QED) is 0.534. The first-order valence-corrected chi connectivity index (χ1v) is 7.93. The zero-order chi connectivity index (χ0) is 16.8. The van der Waals surface area contributed by atoms with Crippen molar-refractivity contribution in [3.63, 3.8) is 0 Å². The zero-order valence-electron chi connectivity index (χ0n) is 13.2. The summed E-state index contributed by atoms with van der Waals surface area (Å²) in [6.07, 6.45) is 4.86. The molecule has 0 aliphatic carbocycles. The molecule has 3 aromatic rings. The minimum atomic E-state index is -0.138. The fraction of sp³-hybridized carbons (Fsp3) is 0.150. The summed E-state index contributed by atoms with van der Waals surface area (Å²) in [6, 6.07) is 16.8. The summed E-state index contributed by atoms with van der Waals surface area (Å²) >= 11 is 0. The lowest BCUT2D eigenvalue weighted by molar-refractivity contribution is -0.116. The average molecular weight is 321 g/mol. The number of hydrogen-bond donors (Lipinski definition) is 2. The van der Waals surface area contributed by atoms with Crippen molar-refractivity contribution >= 4 is 23.0 Å². The Morgan fingerprint density at radius 3 is 2.71 bits per heavy atom. The third-order valence-corrected chi connectivity index (χ3v) is 3.72. The standard InChI is InChI=1S/C20H19NO3/c22-17-9-7-15(8-10-17)4-3-13-21-20(23)12-11-18-14-16-5-1-2-6-19(16)24-18/h1-2,5-12,14,22H,3-4,13H2,(H,21,23). The van der Waals surface area contributed by atoms with Crippen molar-refractivity contribution < 1.29 is 14.3 Å². The van der Waals surface area contributed by atoms with E-state index in [1.165, 1.54) is 6.08 Å². The van der Waals surface area contributed by atoms with Crippen LogP contribution in [0.2, 0.25) is 0 Å². The van der Waals surface area contributed by atoms with Gasteiger partial charge in [0.2, 0.25) is 5.91 Å². The van der Waals surface area contributed by atoms with E-state index in [1.54, 1.807) is 18.2 Å². The minimum absolute atomic E-state index is 0.138. The molecule has 0 saturated carbocycles. The van der Waals surface area contributed by atoms with E-state index >= 15 is 0 Å². The number of nitrogens with one attached hydrogen (secondary N) is 1. The molecule has 1 aromatic heterocycles. The Labute approximate surface area is 140 Å². The van der Waals surface area contributed by atoms with Crippen molar-refractivity contribution in [1.82, 2.24) is 5.32 Å². The van der Waals surface area contributed by atoms with Crippen LogP contribution >= 0.6 is 0 Å². The maximum Gasteiger partial charge on any atom is 0.244 e. The number of aryl methyl sites for hydroxylation is 1. The first-order chi connectivity index (χ1) is 11.7. The van der Waals surface area contributed by atoms with Crippen molar-refractivity contribution in [2.45, 2.75) is 12.8 Å². The summed E-state index contributed by atoms with van der Waals surface area (Å²) in [4.78, 5) is 11.8. The van der Waals surface area contributed by atoms with Crippen LogP contribution in [0.5, 0.6) is 5.75 Å². The van der Waals surface area contributed by atoms with Crippen LogP contribution in [0, 0.1) is 0 Å². The molecule has 122 valence electrons. The van der Waals surface area contributed by atoms with Crippen molar-refractivity contribution in [2.75, 3.05) is 6.54 Å². The molecule has 3 rings (SSSR count). The van der Waals surface area contributed by atoms with E-state index in [0.717, 1.165) is 29.4 Å². The van der Waals surface area contributed by atoms with Crippen LogP contribution in [0.25, 0.3) is 17.0 Å². The molecule has 0 atom stereocenters. The molecular formula is C20H19NO3. The Kier molecular flexibility index (Phi) is 4.96. The van der Waals surface area contributed by atoms with E-state index in [4.69, 9.17) is 4.42 Å². The summed E-state index contributed by atoms with van der Waals surface area (Å²) in [6.45, 7) is 0.601. The predicted octanol–water partition coefficient (Wildman–Crippen LogP) is 3.90. The zero-order valence-corrected chi connectivity index (χ0v) is 13.2. The molecule has 0 saturated heterocycles. The number of amides is 1. The molecule has 0 aliphatic heterocycles. The van der Waals surface area contributed by atoms with Crippen LogP contribution in [0.1, 0.15) is 17.7 Å². The first-order valence-electron chi connectivity index (χ1n) is 7.93. The van der Waals surface area contributed by atoms with Gasteiger partial charge in [0.05, 0.1) is 0 Å². The Bertz CT molecular complexity index is 814. The normalized spacial score (nSPS) is 11.2. The number of hydrogen-bond acceptors (Lipinski definition) is 3. The Morgan fingerprint density at radius 2 is 1.92 bits per heavy atom. The minimum Gasteiger partial charge on any atom is -0.508 e. The van der Waals surface area contributed by atoms with Crippen molar-refractivity contribution in [3.8, 4) is 5.75 Å². The number of benzene rings is 2. The van der Waals surface area contributed by atoms with Crippen molar-refractivity contribution in [3.05, 3.63) is 72.0 Å². The number of fused-ring (bicyclic) bond motifs is 1. The summed E-state index contributed by atoms with van der Waals surface area (Å²) in [5, 5.41) is 13.1. The van der Waals surface area contributed by atoms with Gasteiger partial charge < -0.3 is 14.8 Å². The molecule has 0 unspecified atom stereocenters. The van der Waals surface area contributed by atoms with Gasteiger partial charge in [0.15, 0.2) is 0 Å². The Balaban J connectivity index is 1.44. The molecule has 4 nitrogen and oxygen atoms in total. The van der Waals surface area contributed by atoms with Crippen LogP contribution in [0.4, 0.5) is 0 Å². The predicted molar refractivity (Wildman–Crippen MR) is 94.7 cm³/mol.